The second kappa shape index (κ2) is 4.99. The van der Waals surface area contributed by atoms with Gasteiger partial charge in [0, 0.05) is 11.9 Å². The number of carboxylic acids is 1. The van der Waals surface area contributed by atoms with Crippen molar-refractivity contribution < 1.29 is 9.90 Å². The van der Waals surface area contributed by atoms with Crippen molar-refractivity contribution in [2.75, 3.05) is 5.32 Å². The first-order valence-corrected chi connectivity index (χ1v) is 5.44. The van der Waals surface area contributed by atoms with Gasteiger partial charge in [0.1, 0.15) is 6.04 Å². The van der Waals surface area contributed by atoms with Crippen molar-refractivity contribution in [1.82, 2.24) is 0 Å². The number of carboxylic acid groups (broad SMARTS) is 1. The van der Waals surface area contributed by atoms with Gasteiger partial charge >= 0.3 is 5.97 Å². The zero-order valence-electron chi connectivity index (χ0n) is 10.3. The molecule has 0 bridgehead atoms. The molecule has 0 saturated heterocycles. The van der Waals surface area contributed by atoms with E-state index in [2.05, 4.69) is 5.32 Å². The van der Waals surface area contributed by atoms with Crippen molar-refractivity contribution in [3.05, 3.63) is 29.8 Å². The lowest BCUT2D eigenvalue weighted by Crippen LogP contribution is -2.41. The van der Waals surface area contributed by atoms with Gasteiger partial charge in [-0.1, -0.05) is 32.9 Å². The molecule has 0 aliphatic heterocycles. The standard InChI is InChI=1S/C13H18N2O2/c1-13(2,3)11(12(16)17)15-10-6-4-5-9(7-10)8-14/h4-8,11,14-15H,1-3H3,(H,16,17). The van der Waals surface area contributed by atoms with Gasteiger partial charge in [-0.25, -0.2) is 4.79 Å². The van der Waals surface area contributed by atoms with Gasteiger partial charge in [0.25, 0.3) is 0 Å². The molecule has 0 aliphatic rings. The van der Waals surface area contributed by atoms with Gasteiger partial charge in [0.2, 0.25) is 0 Å². The molecule has 1 atom stereocenters. The average Bonchev–Trinajstić information content (AvgIpc) is 2.24. The summed E-state index contributed by atoms with van der Waals surface area (Å²) in [7, 11) is 0. The molecule has 0 amide bonds. The van der Waals surface area contributed by atoms with Crippen LogP contribution in [0.25, 0.3) is 0 Å². The van der Waals surface area contributed by atoms with Crippen molar-refractivity contribution in [2.24, 2.45) is 5.41 Å². The quantitative estimate of drug-likeness (QED) is 0.701. The van der Waals surface area contributed by atoms with Gasteiger partial charge in [0.05, 0.1) is 0 Å². The molecular weight excluding hydrogens is 216 g/mol. The maximum Gasteiger partial charge on any atom is 0.326 e. The van der Waals surface area contributed by atoms with Crippen LogP contribution in [0.2, 0.25) is 0 Å². The fourth-order valence-corrected chi connectivity index (χ4v) is 1.53. The van der Waals surface area contributed by atoms with Crippen molar-refractivity contribution in [1.29, 1.82) is 5.41 Å². The van der Waals surface area contributed by atoms with Crippen LogP contribution in [0.4, 0.5) is 5.69 Å². The monoisotopic (exact) mass is 234 g/mol. The van der Waals surface area contributed by atoms with E-state index in [1.807, 2.05) is 20.8 Å². The first-order chi connectivity index (χ1) is 7.84. The third-order valence-electron chi connectivity index (χ3n) is 2.48. The van der Waals surface area contributed by atoms with Gasteiger partial charge in [-0.15, -0.1) is 0 Å². The van der Waals surface area contributed by atoms with Crippen LogP contribution >= 0.6 is 0 Å². The van der Waals surface area contributed by atoms with Gasteiger partial charge < -0.3 is 15.8 Å². The Hall–Kier alpha value is -1.84. The summed E-state index contributed by atoms with van der Waals surface area (Å²) in [6, 6.07) is 6.49. The molecule has 1 aromatic carbocycles. The minimum Gasteiger partial charge on any atom is -0.480 e. The summed E-state index contributed by atoms with van der Waals surface area (Å²) >= 11 is 0. The van der Waals surface area contributed by atoms with Crippen molar-refractivity contribution >= 4 is 17.9 Å². The van der Waals surface area contributed by atoms with E-state index in [9.17, 15) is 9.90 Å². The number of carbonyl (C=O) groups is 1. The molecule has 1 rings (SSSR count). The van der Waals surface area contributed by atoms with Crippen LogP contribution in [0.3, 0.4) is 0 Å². The number of anilines is 1. The van der Waals surface area contributed by atoms with Gasteiger partial charge in [-0.05, 0) is 23.1 Å². The van der Waals surface area contributed by atoms with E-state index in [0.29, 0.717) is 5.69 Å². The van der Waals surface area contributed by atoms with E-state index in [1.54, 1.807) is 24.3 Å². The second-order valence-corrected chi connectivity index (χ2v) is 5.05. The molecule has 4 heteroatoms. The van der Waals surface area contributed by atoms with E-state index in [-0.39, 0.29) is 5.41 Å². The Kier molecular flexibility index (Phi) is 3.89. The zero-order valence-corrected chi connectivity index (χ0v) is 10.3. The van der Waals surface area contributed by atoms with Crippen LogP contribution in [-0.2, 0) is 4.79 Å². The van der Waals surface area contributed by atoms with E-state index >= 15 is 0 Å². The van der Waals surface area contributed by atoms with E-state index in [1.165, 1.54) is 6.21 Å². The van der Waals surface area contributed by atoms with Crippen molar-refractivity contribution in [2.45, 2.75) is 26.8 Å². The first-order valence-electron chi connectivity index (χ1n) is 5.44. The number of nitrogens with one attached hydrogen (secondary N) is 2. The smallest absolute Gasteiger partial charge is 0.326 e. The maximum atomic E-state index is 11.2. The molecule has 17 heavy (non-hydrogen) atoms. The molecule has 0 saturated carbocycles. The number of hydrogen-bond acceptors (Lipinski definition) is 3. The summed E-state index contributed by atoms with van der Waals surface area (Å²) in [5, 5.41) is 19.3. The Morgan fingerprint density at radius 2 is 2.12 bits per heavy atom. The van der Waals surface area contributed by atoms with Crippen LogP contribution in [-0.4, -0.2) is 23.3 Å². The van der Waals surface area contributed by atoms with Crippen LogP contribution in [0, 0.1) is 10.8 Å². The SMILES string of the molecule is CC(C)(C)C(Nc1cccc(C=N)c1)C(=O)O. The van der Waals surface area contributed by atoms with E-state index < -0.39 is 12.0 Å². The molecule has 0 radical (unpaired) electrons. The highest BCUT2D eigenvalue weighted by Gasteiger charge is 2.30. The summed E-state index contributed by atoms with van der Waals surface area (Å²) in [5.41, 5.74) is 1.08. The summed E-state index contributed by atoms with van der Waals surface area (Å²) in [5.74, 6) is -0.877. The number of rotatable bonds is 4. The number of benzene rings is 1. The highest BCUT2D eigenvalue weighted by Crippen LogP contribution is 2.23. The Bertz CT molecular complexity index is 422. The lowest BCUT2D eigenvalue weighted by atomic mass is 9.86. The van der Waals surface area contributed by atoms with Gasteiger partial charge in [-0.3, -0.25) is 0 Å². The third-order valence-corrected chi connectivity index (χ3v) is 2.48. The topological polar surface area (TPSA) is 73.2 Å². The predicted molar refractivity (Wildman–Crippen MR) is 68.8 cm³/mol. The maximum absolute atomic E-state index is 11.2. The molecule has 3 N–H and O–H groups in total. The second-order valence-electron chi connectivity index (χ2n) is 5.05. The Morgan fingerprint density at radius 3 is 2.59 bits per heavy atom. The fraction of sp³-hybridized carbons (Fsp3) is 0.385. The van der Waals surface area contributed by atoms with Gasteiger partial charge in [0.15, 0.2) is 0 Å². The van der Waals surface area contributed by atoms with Crippen LogP contribution in [0.1, 0.15) is 26.3 Å². The largest absolute Gasteiger partial charge is 0.480 e. The van der Waals surface area contributed by atoms with Crippen molar-refractivity contribution in [3.63, 3.8) is 0 Å². The van der Waals surface area contributed by atoms with Crippen LogP contribution < -0.4 is 5.32 Å². The number of hydrogen-bond donors (Lipinski definition) is 3. The normalized spacial score (nSPS) is 12.9. The Labute approximate surface area is 101 Å². The van der Waals surface area contributed by atoms with E-state index in [4.69, 9.17) is 5.41 Å². The molecule has 1 unspecified atom stereocenters. The summed E-state index contributed by atoms with van der Waals surface area (Å²) in [4.78, 5) is 11.2. The summed E-state index contributed by atoms with van der Waals surface area (Å²) < 4.78 is 0. The molecule has 0 aliphatic carbocycles. The molecule has 0 heterocycles. The van der Waals surface area contributed by atoms with Crippen LogP contribution in [0.5, 0.6) is 0 Å². The summed E-state index contributed by atoms with van der Waals surface area (Å²) in [6.45, 7) is 5.62. The minimum absolute atomic E-state index is 0.382. The third kappa shape index (κ3) is 3.59. The molecule has 4 nitrogen and oxygen atoms in total. The summed E-state index contributed by atoms with van der Waals surface area (Å²) in [6.07, 6.45) is 1.23. The van der Waals surface area contributed by atoms with Crippen molar-refractivity contribution in [3.8, 4) is 0 Å². The molecule has 0 spiro atoms. The van der Waals surface area contributed by atoms with Crippen LogP contribution in [0.15, 0.2) is 24.3 Å². The molecule has 1 aromatic rings. The number of aliphatic carboxylic acids is 1. The zero-order chi connectivity index (χ0) is 13.1. The predicted octanol–water partition coefficient (Wildman–Crippen LogP) is 2.60. The minimum atomic E-state index is -0.877. The average molecular weight is 234 g/mol. The molecule has 92 valence electrons. The fourth-order valence-electron chi connectivity index (χ4n) is 1.53. The molecular formula is C13H18N2O2. The Morgan fingerprint density at radius 1 is 1.47 bits per heavy atom. The van der Waals surface area contributed by atoms with E-state index in [0.717, 1.165) is 5.56 Å². The molecule has 0 aromatic heterocycles. The lowest BCUT2D eigenvalue weighted by Gasteiger charge is -2.28. The van der Waals surface area contributed by atoms with Gasteiger partial charge in [-0.2, -0.15) is 0 Å². The highest BCUT2D eigenvalue weighted by molar-refractivity contribution is 5.81. The lowest BCUT2D eigenvalue weighted by molar-refractivity contribution is -0.140. The first kappa shape index (κ1) is 13.2. The highest BCUT2D eigenvalue weighted by atomic mass is 16.4. The Balaban J connectivity index is 2.94. The molecule has 0 fully saturated rings.